The minimum atomic E-state index is -0.971. The Morgan fingerprint density at radius 1 is 1.15 bits per heavy atom. The highest BCUT2D eigenvalue weighted by molar-refractivity contribution is 5.95. The molecule has 136 valence electrons. The van der Waals surface area contributed by atoms with Crippen LogP contribution in [-0.4, -0.2) is 43.7 Å². The van der Waals surface area contributed by atoms with Gasteiger partial charge in [-0.1, -0.05) is 25.0 Å². The Balaban J connectivity index is 1.64. The van der Waals surface area contributed by atoms with Gasteiger partial charge in [0.1, 0.15) is 17.5 Å². The van der Waals surface area contributed by atoms with E-state index in [1.165, 1.54) is 27.9 Å². The molecular weight excluding hydrogens is 337 g/mol. The van der Waals surface area contributed by atoms with Crippen LogP contribution < -0.4 is 0 Å². The standard InChI is InChI=1S/C19H20FN3O3/c20-13-6-2-4-8-16(13)22-10-9-14(21-22)18(24)23-15-7-3-1-5-12(15)11-17(23)19(25)26/h2,4,6,8-10,12,15,17H,1,3,5,7,11H2,(H,25,26). The van der Waals surface area contributed by atoms with Crippen molar-refractivity contribution in [1.82, 2.24) is 14.7 Å². The summed E-state index contributed by atoms with van der Waals surface area (Å²) in [5.41, 5.74) is 0.393. The fourth-order valence-electron chi connectivity index (χ4n) is 4.31. The molecule has 1 saturated heterocycles. The summed E-state index contributed by atoms with van der Waals surface area (Å²) in [5, 5.41) is 13.8. The molecule has 6 nitrogen and oxygen atoms in total. The number of benzene rings is 1. The van der Waals surface area contributed by atoms with Crippen molar-refractivity contribution in [2.75, 3.05) is 0 Å². The third-order valence-corrected chi connectivity index (χ3v) is 5.52. The van der Waals surface area contributed by atoms with Crippen molar-refractivity contribution >= 4 is 11.9 Å². The highest BCUT2D eigenvalue weighted by atomic mass is 19.1. The fourth-order valence-corrected chi connectivity index (χ4v) is 4.31. The summed E-state index contributed by atoms with van der Waals surface area (Å²) in [6.45, 7) is 0. The van der Waals surface area contributed by atoms with Gasteiger partial charge in [0.15, 0.2) is 5.69 Å². The molecule has 1 aliphatic heterocycles. The molecule has 1 amide bonds. The maximum atomic E-state index is 13.9. The first-order chi connectivity index (χ1) is 12.6. The molecule has 4 rings (SSSR count). The molecule has 1 N–H and O–H groups in total. The van der Waals surface area contributed by atoms with Gasteiger partial charge in [-0.2, -0.15) is 5.10 Å². The van der Waals surface area contributed by atoms with Crippen LogP contribution in [0.15, 0.2) is 36.5 Å². The lowest BCUT2D eigenvalue weighted by Crippen LogP contribution is -2.46. The Morgan fingerprint density at radius 2 is 1.92 bits per heavy atom. The number of hydrogen-bond acceptors (Lipinski definition) is 3. The Kier molecular flexibility index (Phi) is 4.22. The normalized spacial score (nSPS) is 25.1. The molecular formula is C19H20FN3O3. The molecule has 1 aromatic carbocycles. The molecule has 2 aliphatic rings. The highest BCUT2D eigenvalue weighted by Crippen LogP contribution is 2.40. The minimum absolute atomic E-state index is 0.0454. The van der Waals surface area contributed by atoms with E-state index in [-0.39, 0.29) is 29.2 Å². The van der Waals surface area contributed by atoms with Crippen LogP contribution in [0.25, 0.3) is 5.69 Å². The number of carboxylic acids is 1. The van der Waals surface area contributed by atoms with Gasteiger partial charge in [-0.3, -0.25) is 4.79 Å². The number of carbonyl (C=O) groups is 2. The van der Waals surface area contributed by atoms with E-state index in [1.54, 1.807) is 18.2 Å². The fraction of sp³-hybridized carbons (Fsp3) is 0.421. The number of aliphatic carboxylic acids is 1. The van der Waals surface area contributed by atoms with Crippen LogP contribution in [0.3, 0.4) is 0 Å². The molecule has 1 aromatic heterocycles. The summed E-state index contributed by atoms with van der Waals surface area (Å²) >= 11 is 0. The van der Waals surface area contributed by atoms with Crippen LogP contribution in [-0.2, 0) is 4.79 Å². The minimum Gasteiger partial charge on any atom is -0.480 e. The summed E-state index contributed by atoms with van der Waals surface area (Å²) in [6, 6.07) is 6.83. The predicted octanol–water partition coefficient (Wildman–Crippen LogP) is 2.87. The number of carbonyl (C=O) groups excluding carboxylic acids is 1. The number of halogens is 1. The molecule has 2 aromatic rings. The van der Waals surface area contributed by atoms with E-state index in [0.717, 1.165) is 25.7 Å². The summed E-state index contributed by atoms with van der Waals surface area (Å²) in [6.07, 6.45) is 5.89. The van der Waals surface area contributed by atoms with Gasteiger partial charge < -0.3 is 10.0 Å². The van der Waals surface area contributed by atoms with Crippen molar-refractivity contribution in [1.29, 1.82) is 0 Å². The summed E-state index contributed by atoms with van der Waals surface area (Å²) in [5.74, 6) is -1.56. The van der Waals surface area contributed by atoms with Crippen LogP contribution in [0.4, 0.5) is 4.39 Å². The summed E-state index contributed by atoms with van der Waals surface area (Å²) in [4.78, 5) is 26.2. The summed E-state index contributed by atoms with van der Waals surface area (Å²) in [7, 11) is 0. The molecule has 26 heavy (non-hydrogen) atoms. The van der Waals surface area contributed by atoms with E-state index in [1.807, 2.05) is 0 Å². The molecule has 2 heterocycles. The molecule has 7 heteroatoms. The first kappa shape index (κ1) is 16.8. The number of carboxylic acid groups (broad SMARTS) is 1. The van der Waals surface area contributed by atoms with E-state index < -0.39 is 17.8 Å². The van der Waals surface area contributed by atoms with E-state index >= 15 is 0 Å². The number of rotatable bonds is 3. The Labute approximate surface area is 150 Å². The number of nitrogens with zero attached hydrogens (tertiary/aromatic N) is 3. The molecule has 0 radical (unpaired) electrons. The van der Waals surface area contributed by atoms with Crippen LogP contribution in [0.2, 0.25) is 0 Å². The van der Waals surface area contributed by atoms with E-state index in [0.29, 0.717) is 6.42 Å². The topological polar surface area (TPSA) is 75.4 Å². The lowest BCUT2D eigenvalue weighted by atomic mass is 9.84. The van der Waals surface area contributed by atoms with E-state index in [4.69, 9.17) is 0 Å². The summed E-state index contributed by atoms with van der Waals surface area (Å²) < 4.78 is 15.3. The van der Waals surface area contributed by atoms with Gasteiger partial charge in [-0.05, 0) is 43.4 Å². The SMILES string of the molecule is O=C(O)C1CC2CCCCC2N1C(=O)c1ccn(-c2ccccc2F)n1. The van der Waals surface area contributed by atoms with Gasteiger partial charge in [-0.25, -0.2) is 13.9 Å². The zero-order chi connectivity index (χ0) is 18.3. The smallest absolute Gasteiger partial charge is 0.326 e. The van der Waals surface area contributed by atoms with Crippen molar-refractivity contribution in [2.24, 2.45) is 5.92 Å². The van der Waals surface area contributed by atoms with Gasteiger partial charge in [0.05, 0.1) is 0 Å². The van der Waals surface area contributed by atoms with Crippen LogP contribution >= 0.6 is 0 Å². The van der Waals surface area contributed by atoms with Gasteiger partial charge in [-0.15, -0.1) is 0 Å². The zero-order valence-electron chi connectivity index (χ0n) is 14.2. The van der Waals surface area contributed by atoms with Crippen molar-refractivity contribution in [3.8, 4) is 5.69 Å². The Bertz CT molecular complexity index is 850. The van der Waals surface area contributed by atoms with Crippen LogP contribution in [0.5, 0.6) is 0 Å². The molecule has 3 unspecified atom stereocenters. The average Bonchev–Trinajstić information content (AvgIpc) is 3.26. The van der Waals surface area contributed by atoms with Crippen molar-refractivity contribution in [3.05, 3.63) is 48.0 Å². The number of likely N-dealkylation sites (tertiary alicyclic amines) is 1. The predicted molar refractivity (Wildman–Crippen MR) is 91.5 cm³/mol. The number of aromatic nitrogens is 2. The first-order valence-electron chi connectivity index (χ1n) is 8.92. The lowest BCUT2D eigenvalue weighted by Gasteiger charge is -2.32. The van der Waals surface area contributed by atoms with Crippen molar-refractivity contribution in [2.45, 2.75) is 44.2 Å². The quantitative estimate of drug-likeness (QED) is 0.916. The second-order valence-corrected chi connectivity index (χ2v) is 7.01. The van der Waals surface area contributed by atoms with Gasteiger partial charge in [0.25, 0.3) is 5.91 Å². The molecule has 0 bridgehead atoms. The molecule has 0 spiro atoms. The van der Waals surface area contributed by atoms with Gasteiger partial charge in [0.2, 0.25) is 0 Å². The van der Waals surface area contributed by atoms with Gasteiger partial charge >= 0.3 is 5.97 Å². The largest absolute Gasteiger partial charge is 0.480 e. The second-order valence-electron chi connectivity index (χ2n) is 7.01. The number of para-hydroxylation sites is 1. The zero-order valence-corrected chi connectivity index (χ0v) is 14.2. The average molecular weight is 357 g/mol. The monoisotopic (exact) mass is 357 g/mol. The second kappa shape index (κ2) is 6.55. The highest BCUT2D eigenvalue weighted by Gasteiger charge is 2.48. The molecule has 2 fully saturated rings. The Hall–Kier alpha value is -2.70. The lowest BCUT2D eigenvalue weighted by molar-refractivity contribution is -0.141. The Morgan fingerprint density at radius 3 is 2.69 bits per heavy atom. The van der Waals surface area contributed by atoms with E-state index in [9.17, 15) is 19.1 Å². The van der Waals surface area contributed by atoms with Crippen LogP contribution in [0.1, 0.15) is 42.6 Å². The first-order valence-corrected chi connectivity index (χ1v) is 8.92. The van der Waals surface area contributed by atoms with Gasteiger partial charge in [0, 0.05) is 12.2 Å². The maximum Gasteiger partial charge on any atom is 0.326 e. The van der Waals surface area contributed by atoms with Crippen LogP contribution in [0, 0.1) is 11.7 Å². The number of hydrogen-bond donors (Lipinski definition) is 1. The third-order valence-electron chi connectivity index (χ3n) is 5.52. The molecule has 1 aliphatic carbocycles. The molecule has 1 saturated carbocycles. The third kappa shape index (κ3) is 2.77. The van der Waals surface area contributed by atoms with E-state index in [2.05, 4.69) is 5.10 Å². The van der Waals surface area contributed by atoms with Crippen molar-refractivity contribution < 1.29 is 19.1 Å². The number of fused-ring (bicyclic) bond motifs is 1. The van der Waals surface area contributed by atoms with Crippen molar-refractivity contribution in [3.63, 3.8) is 0 Å². The number of amides is 1. The maximum absolute atomic E-state index is 13.9. The molecule has 3 atom stereocenters.